The molecule has 0 fully saturated rings. The number of nitrogens with two attached hydrogens (primary N) is 1. The molecule has 1 aromatic rings. The Hall–Kier alpha value is -1.79. The first-order chi connectivity index (χ1) is 8.14. The Morgan fingerprint density at radius 3 is 2.33 bits per heavy atom. The van der Waals surface area contributed by atoms with Gasteiger partial charge in [0.15, 0.2) is 0 Å². The molecule has 1 aromatic heterocycles. The van der Waals surface area contributed by atoms with Crippen LogP contribution in [-0.4, -0.2) is 24.0 Å². The maximum absolute atomic E-state index is 12.6. The Morgan fingerprint density at radius 1 is 1.39 bits per heavy atom. The van der Waals surface area contributed by atoms with Crippen LogP contribution in [-0.2, 0) is 6.18 Å². The third kappa shape index (κ3) is 2.91. The number of alkyl halides is 3. The molecule has 0 aliphatic carbocycles. The predicted molar refractivity (Wildman–Crippen MR) is 61.3 cm³/mol. The molecule has 100 valence electrons. The Bertz CT molecular complexity index is 457. The number of carbonyl (C=O) groups excluding carboxylic acids is 1. The second-order valence-electron chi connectivity index (χ2n) is 4.13. The minimum absolute atomic E-state index is 0.0285. The van der Waals surface area contributed by atoms with Crippen molar-refractivity contribution >= 4 is 11.7 Å². The minimum atomic E-state index is -4.55. The molecule has 0 aliphatic heterocycles. The van der Waals surface area contributed by atoms with Crippen LogP contribution in [0.25, 0.3) is 0 Å². The molecule has 0 aromatic carbocycles. The quantitative estimate of drug-likeness (QED) is 0.905. The summed E-state index contributed by atoms with van der Waals surface area (Å²) in [6.45, 7) is 3.54. The SMILES string of the molecule is CC(C)N(C)c1nc(C(F)(F)F)ccc1C(N)=O. The molecule has 7 heteroatoms. The van der Waals surface area contributed by atoms with Crippen LogP contribution in [0.3, 0.4) is 0 Å². The summed E-state index contributed by atoms with van der Waals surface area (Å²) in [5, 5.41) is 0. The number of halogens is 3. The molecule has 4 nitrogen and oxygen atoms in total. The number of rotatable bonds is 3. The number of primary amides is 1. The van der Waals surface area contributed by atoms with Crippen molar-refractivity contribution in [1.29, 1.82) is 0 Å². The molecule has 0 spiro atoms. The molecule has 0 atom stereocenters. The molecule has 18 heavy (non-hydrogen) atoms. The van der Waals surface area contributed by atoms with Gasteiger partial charge in [-0.1, -0.05) is 0 Å². The summed E-state index contributed by atoms with van der Waals surface area (Å²) in [6.07, 6.45) is -4.55. The van der Waals surface area contributed by atoms with Gasteiger partial charge in [-0.2, -0.15) is 13.2 Å². The molecule has 2 N–H and O–H groups in total. The third-order valence-corrected chi connectivity index (χ3v) is 2.54. The fourth-order valence-electron chi connectivity index (χ4n) is 1.31. The number of aromatic nitrogens is 1. The molecule has 1 amide bonds. The van der Waals surface area contributed by atoms with Gasteiger partial charge in [0.25, 0.3) is 5.91 Å². The molecule has 0 aliphatic rings. The summed E-state index contributed by atoms with van der Waals surface area (Å²) in [4.78, 5) is 16.1. The number of carbonyl (C=O) groups is 1. The number of amides is 1. The smallest absolute Gasteiger partial charge is 0.365 e. The highest BCUT2D eigenvalue weighted by Crippen LogP contribution is 2.30. The summed E-state index contributed by atoms with van der Waals surface area (Å²) in [5.41, 5.74) is 4.05. The van der Waals surface area contributed by atoms with E-state index in [0.717, 1.165) is 12.1 Å². The fourth-order valence-corrected chi connectivity index (χ4v) is 1.31. The van der Waals surface area contributed by atoms with Crippen molar-refractivity contribution < 1.29 is 18.0 Å². The van der Waals surface area contributed by atoms with Crippen molar-refractivity contribution in [2.75, 3.05) is 11.9 Å². The summed E-state index contributed by atoms with van der Waals surface area (Å²) in [7, 11) is 1.56. The summed E-state index contributed by atoms with van der Waals surface area (Å²) in [6, 6.07) is 1.68. The van der Waals surface area contributed by atoms with Crippen molar-refractivity contribution in [3.63, 3.8) is 0 Å². The van der Waals surface area contributed by atoms with Crippen molar-refractivity contribution in [3.8, 4) is 0 Å². The van der Waals surface area contributed by atoms with Gasteiger partial charge in [0.2, 0.25) is 0 Å². The van der Waals surface area contributed by atoms with E-state index in [4.69, 9.17) is 5.73 Å². The highest BCUT2D eigenvalue weighted by Gasteiger charge is 2.34. The van der Waals surface area contributed by atoms with Gasteiger partial charge < -0.3 is 10.6 Å². The molecular formula is C11H14F3N3O. The van der Waals surface area contributed by atoms with E-state index in [2.05, 4.69) is 4.98 Å². The maximum Gasteiger partial charge on any atom is 0.433 e. The summed E-state index contributed by atoms with van der Waals surface area (Å²) >= 11 is 0. The normalized spacial score (nSPS) is 11.7. The maximum atomic E-state index is 12.6. The van der Waals surface area contributed by atoms with Crippen LogP contribution >= 0.6 is 0 Å². The first-order valence-corrected chi connectivity index (χ1v) is 5.25. The largest absolute Gasteiger partial charge is 0.433 e. The van der Waals surface area contributed by atoms with E-state index >= 15 is 0 Å². The highest BCUT2D eigenvalue weighted by atomic mass is 19.4. The number of hydrogen-bond acceptors (Lipinski definition) is 3. The summed E-state index contributed by atoms with van der Waals surface area (Å²) < 4.78 is 37.7. The van der Waals surface area contributed by atoms with Gasteiger partial charge in [-0.25, -0.2) is 4.98 Å². The van der Waals surface area contributed by atoms with Gasteiger partial charge in [0.05, 0.1) is 5.56 Å². The molecule has 1 heterocycles. The van der Waals surface area contributed by atoms with Crippen LogP contribution in [0.5, 0.6) is 0 Å². The first-order valence-electron chi connectivity index (χ1n) is 5.25. The van der Waals surface area contributed by atoms with Crippen LogP contribution < -0.4 is 10.6 Å². The molecule has 0 bridgehead atoms. The van der Waals surface area contributed by atoms with E-state index in [-0.39, 0.29) is 17.4 Å². The van der Waals surface area contributed by atoms with Crippen molar-refractivity contribution in [2.24, 2.45) is 5.73 Å². The number of nitrogens with zero attached hydrogens (tertiary/aromatic N) is 2. The van der Waals surface area contributed by atoms with Crippen molar-refractivity contribution in [2.45, 2.75) is 26.1 Å². The van der Waals surface area contributed by atoms with Gasteiger partial charge in [-0.15, -0.1) is 0 Å². The van der Waals surface area contributed by atoms with Gasteiger partial charge >= 0.3 is 6.18 Å². The van der Waals surface area contributed by atoms with E-state index in [0.29, 0.717) is 0 Å². The van der Waals surface area contributed by atoms with Crippen molar-refractivity contribution in [3.05, 3.63) is 23.4 Å². The van der Waals surface area contributed by atoms with Gasteiger partial charge in [0.1, 0.15) is 11.5 Å². The van der Waals surface area contributed by atoms with Crippen LogP contribution in [0.2, 0.25) is 0 Å². The van der Waals surface area contributed by atoms with Gasteiger partial charge in [0, 0.05) is 13.1 Å². The average molecular weight is 261 g/mol. The molecule has 1 rings (SSSR count). The third-order valence-electron chi connectivity index (χ3n) is 2.54. The van der Waals surface area contributed by atoms with Crippen LogP contribution in [0.4, 0.5) is 19.0 Å². The van der Waals surface area contributed by atoms with E-state index in [1.54, 1.807) is 20.9 Å². The standard InChI is InChI=1S/C11H14F3N3O/c1-6(2)17(3)10-7(9(15)18)4-5-8(16-10)11(12,13)14/h4-6H,1-3H3,(H2,15,18). The molecule has 0 unspecified atom stereocenters. The Morgan fingerprint density at radius 2 is 1.94 bits per heavy atom. The van der Waals surface area contributed by atoms with Crippen LogP contribution in [0.15, 0.2) is 12.1 Å². The van der Waals surface area contributed by atoms with E-state index in [9.17, 15) is 18.0 Å². The first kappa shape index (κ1) is 14.3. The Labute approximate surface area is 103 Å². The number of anilines is 1. The fraction of sp³-hybridized carbons (Fsp3) is 0.455. The Kier molecular flexibility index (Phi) is 3.83. The lowest BCUT2D eigenvalue weighted by atomic mass is 10.2. The molecular weight excluding hydrogens is 247 g/mol. The van der Waals surface area contributed by atoms with E-state index < -0.39 is 17.8 Å². The van der Waals surface area contributed by atoms with Crippen LogP contribution in [0.1, 0.15) is 29.9 Å². The zero-order valence-corrected chi connectivity index (χ0v) is 10.2. The van der Waals surface area contributed by atoms with E-state index in [1.165, 1.54) is 4.90 Å². The predicted octanol–water partition coefficient (Wildman–Crippen LogP) is 2.04. The minimum Gasteiger partial charge on any atom is -0.365 e. The second-order valence-corrected chi connectivity index (χ2v) is 4.13. The summed E-state index contributed by atoms with van der Waals surface area (Å²) in [5.74, 6) is -0.869. The lowest BCUT2D eigenvalue weighted by Crippen LogP contribution is -2.30. The lowest BCUT2D eigenvalue weighted by molar-refractivity contribution is -0.141. The van der Waals surface area contributed by atoms with Crippen molar-refractivity contribution in [1.82, 2.24) is 4.98 Å². The van der Waals surface area contributed by atoms with Gasteiger partial charge in [-0.05, 0) is 26.0 Å². The zero-order valence-electron chi connectivity index (χ0n) is 10.2. The number of hydrogen-bond donors (Lipinski definition) is 1. The average Bonchev–Trinajstić information content (AvgIpc) is 2.25. The second kappa shape index (κ2) is 4.83. The Balaban J connectivity index is 3.38. The van der Waals surface area contributed by atoms with Gasteiger partial charge in [-0.3, -0.25) is 4.79 Å². The monoisotopic (exact) mass is 261 g/mol. The number of pyridine rings is 1. The lowest BCUT2D eigenvalue weighted by Gasteiger charge is -2.25. The molecule has 0 radical (unpaired) electrons. The molecule has 0 saturated carbocycles. The molecule has 0 saturated heterocycles. The highest BCUT2D eigenvalue weighted by molar-refractivity contribution is 5.97. The van der Waals surface area contributed by atoms with Crippen LogP contribution in [0, 0.1) is 0 Å². The topological polar surface area (TPSA) is 59.2 Å². The zero-order chi connectivity index (χ0) is 14.1. The van der Waals surface area contributed by atoms with E-state index in [1.807, 2.05) is 0 Å².